The van der Waals surface area contributed by atoms with Gasteiger partial charge < -0.3 is 15.0 Å². The first-order valence-electron chi connectivity index (χ1n) is 10.3. The van der Waals surface area contributed by atoms with Crippen LogP contribution in [0.2, 0.25) is 0 Å². The molecule has 6 nitrogen and oxygen atoms in total. The van der Waals surface area contributed by atoms with Crippen LogP contribution >= 0.6 is 11.8 Å². The maximum atomic E-state index is 12.4. The molecule has 4 aromatic rings. The van der Waals surface area contributed by atoms with Crippen molar-refractivity contribution in [1.82, 2.24) is 9.88 Å². The van der Waals surface area contributed by atoms with E-state index in [0.29, 0.717) is 15.8 Å². The topological polar surface area (TPSA) is 83.7 Å². The lowest BCUT2D eigenvalue weighted by Crippen LogP contribution is -2.19. The van der Waals surface area contributed by atoms with Crippen LogP contribution in [0.25, 0.3) is 28.1 Å². The van der Waals surface area contributed by atoms with Crippen LogP contribution in [0.3, 0.4) is 0 Å². The Morgan fingerprint density at radius 1 is 1.00 bits per heavy atom. The highest BCUT2D eigenvalue weighted by Gasteiger charge is 2.23. The minimum atomic E-state index is -0.893. The van der Waals surface area contributed by atoms with Crippen molar-refractivity contribution in [3.05, 3.63) is 95.5 Å². The maximum absolute atomic E-state index is 12.4. The number of aliphatic imine (C=N–C) groups is 1. The summed E-state index contributed by atoms with van der Waals surface area (Å²) in [4.78, 5) is 28.6. The Kier molecular flexibility index (Phi) is 5.54. The van der Waals surface area contributed by atoms with Crippen molar-refractivity contribution in [2.75, 3.05) is 0 Å². The van der Waals surface area contributed by atoms with E-state index in [0.717, 1.165) is 27.6 Å². The largest absolute Gasteiger partial charge is 0.480 e. The second-order valence-electron chi connectivity index (χ2n) is 7.55. The van der Waals surface area contributed by atoms with Gasteiger partial charge >= 0.3 is 5.97 Å². The molecule has 1 aromatic heterocycles. The number of benzene rings is 3. The van der Waals surface area contributed by atoms with Crippen LogP contribution in [0.15, 0.2) is 95.0 Å². The fraction of sp³-hybridized carbons (Fsp3) is 0.0385. The third kappa shape index (κ3) is 4.58. The molecular formula is C26H19N3O3S. The Hall–Kier alpha value is -4.10. The molecule has 0 unspecified atom stereocenters. The Labute approximate surface area is 194 Å². The molecule has 0 radical (unpaired) electrons. The van der Waals surface area contributed by atoms with Gasteiger partial charge in [-0.25, -0.2) is 4.99 Å². The van der Waals surface area contributed by atoms with Crippen LogP contribution in [0.5, 0.6) is 0 Å². The first kappa shape index (κ1) is 20.8. The van der Waals surface area contributed by atoms with E-state index >= 15 is 0 Å². The van der Waals surface area contributed by atoms with Gasteiger partial charge in [0.2, 0.25) is 0 Å². The van der Waals surface area contributed by atoms with Gasteiger partial charge in [0, 0.05) is 17.1 Å². The minimum absolute atomic E-state index is 0.0935. The number of hydrogen-bond acceptors (Lipinski definition) is 4. The standard InChI is InChI=1S/C26H19N3O3S/c30-24(31)16-29-13-12-20-15-21(10-11-22(20)29)27-26-28-25(32)23(33-26)14-17-6-8-19(9-7-17)18-4-2-1-3-5-18/h1-15H,16H2,(H,30,31)(H,27,28,32). The normalized spacial score (nSPS) is 15.9. The first-order valence-corrected chi connectivity index (χ1v) is 11.1. The highest BCUT2D eigenvalue weighted by Crippen LogP contribution is 2.30. The number of carboxylic acids is 1. The number of aliphatic carboxylic acids is 1. The number of carbonyl (C=O) groups is 2. The number of aromatic nitrogens is 1. The average molecular weight is 454 g/mol. The SMILES string of the molecule is O=C(O)Cn1ccc2cc(N=C3NC(=O)C(=Cc4ccc(-c5ccccc5)cc4)S3)ccc21. The van der Waals surface area contributed by atoms with E-state index < -0.39 is 5.97 Å². The summed E-state index contributed by atoms with van der Waals surface area (Å²) in [6.07, 6.45) is 3.60. The summed E-state index contributed by atoms with van der Waals surface area (Å²) in [6.45, 7) is -0.0935. The molecule has 162 valence electrons. The number of amidine groups is 1. The van der Waals surface area contributed by atoms with Crippen molar-refractivity contribution in [3.63, 3.8) is 0 Å². The molecule has 0 saturated carbocycles. The number of thioether (sulfide) groups is 1. The van der Waals surface area contributed by atoms with Gasteiger partial charge in [-0.05, 0) is 58.8 Å². The molecule has 1 aliphatic heterocycles. The van der Waals surface area contributed by atoms with E-state index in [2.05, 4.69) is 22.4 Å². The number of fused-ring (bicyclic) bond motifs is 1. The lowest BCUT2D eigenvalue weighted by atomic mass is 10.0. The lowest BCUT2D eigenvalue weighted by Gasteiger charge is -2.02. The first-order chi connectivity index (χ1) is 16.0. The molecule has 1 amide bonds. The molecule has 0 spiro atoms. The summed E-state index contributed by atoms with van der Waals surface area (Å²) in [5.74, 6) is -1.07. The van der Waals surface area contributed by atoms with Gasteiger partial charge in [0.1, 0.15) is 6.54 Å². The molecule has 2 heterocycles. The quantitative estimate of drug-likeness (QED) is 0.403. The predicted molar refractivity (Wildman–Crippen MR) is 132 cm³/mol. The molecule has 5 rings (SSSR count). The van der Waals surface area contributed by atoms with Crippen molar-refractivity contribution in [1.29, 1.82) is 0 Å². The lowest BCUT2D eigenvalue weighted by molar-refractivity contribution is -0.137. The zero-order valence-electron chi connectivity index (χ0n) is 17.4. The molecule has 1 aliphatic rings. The monoisotopic (exact) mass is 453 g/mol. The van der Waals surface area contributed by atoms with Crippen LogP contribution in [-0.4, -0.2) is 26.7 Å². The predicted octanol–water partition coefficient (Wildman–Crippen LogP) is 5.28. The Morgan fingerprint density at radius 3 is 2.52 bits per heavy atom. The van der Waals surface area contributed by atoms with Gasteiger partial charge in [0.05, 0.1) is 10.6 Å². The van der Waals surface area contributed by atoms with Gasteiger partial charge in [0.15, 0.2) is 5.17 Å². The summed E-state index contributed by atoms with van der Waals surface area (Å²) in [6, 6.07) is 25.6. The van der Waals surface area contributed by atoms with Crippen LogP contribution in [0.1, 0.15) is 5.56 Å². The van der Waals surface area contributed by atoms with E-state index in [1.54, 1.807) is 10.8 Å². The zero-order valence-corrected chi connectivity index (χ0v) is 18.3. The third-order valence-corrected chi connectivity index (χ3v) is 6.17. The Bertz CT molecular complexity index is 1420. The van der Waals surface area contributed by atoms with Gasteiger partial charge in [-0.15, -0.1) is 0 Å². The highest BCUT2D eigenvalue weighted by molar-refractivity contribution is 8.18. The van der Waals surface area contributed by atoms with Crippen LogP contribution < -0.4 is 5.32 Å². The molecule has 1 saturated heterocycles. The molecular weight excluding hydrogens is 434 g/mol. The van der Waals surface area contributed by atoms with Crippen molar-refractivity contribution in [2.24, 2.45) is 4.99 Å². The number of rotatable bonds is 5. The fourth-order valence-electron chi connectivity index (χ4n) is 3.69. The summed E-state index contributed by atoms with van der Waals surface area (Å²) in [5, 5.41) is 13.2. The van der Waals surface area contributed by atoms with E-state index in [-0.39, 0.29) is 12.5 Å². The summed E-state index contributed by atoms with van der Waals surface area (Å²) in [5.41, 5.74) is 4.72. The number of amides is 1. The van der Waals surface area contributed by atoms with Gasteiger partial charge in [-0.1, -0.05) is 54.6 Å². The van der Waals surface area contributed by atoms with Gasteiger partial charge in [-0.3, -0.25) is 9.59 Å². The molecule has 3 aromatic carbocycles. The highest BCUT2D eigenvalue weighted by atomic mass is 32.2. The van der Waals surface area contributed by atoms with E-state index in [9.17, 15) is 9.59 Å². The number of nitrogens with one attached hydrogen (secondary N) is 1. The summed E-state index contributed by atoms with van der Waals surface area (Å²) >= 11 is 1.30. The Balaban J connectivity index is 1.34. The molecule has 2 N–H and O–H groups in total. The van der Waals surface area contributed by atoms with Crippen LogP contribution in [0, 0.1) is 0 Å². The van der Waals surface area contributed by atoms with Crippen molar-refractivity contribution >= 4 is 51.5 Å². The molecule has 1 fully saturated rings. The number of carbonyl (C=O) groups excluding carboxylic acids is 1. The minimum Gasteiger partial charge on any atom is -0.480 e. The molecule has 33 heavy (non-hydrogen) atoms. The van der Waals surface area contributed by atoms with Crippen molar-refractivity contribution in [3.8, 4) is 11.1 Å². The fourth-order valence-corrected chi connectivity index (χ4v) is 4.53. The van der Waals surface area contributed by atoms with Gasteiger partial charge in [0.25, 0.3) is 5.91 Å². The smallest absolute Gasteiger partial charge is 0.323 e. The van der Waals surface area contributed by atoms with E-state index in [4.69, 9.17) is 5.11 Å². The number of nitrogens with zero attached hydrogens (tertiary/aromatic N) is 2. The van der Waals surface area contributed by atoms with Crippen molar-refractivity contribution in [2.45, 2.75) is 6.54 Å². The maximum Gasteiger partial charge on any atom is 0.323 e. The molecule has 0 bridgehead atoms. The van der Waals surface area contributed by atoms with Gasteiger partial charge in [-0.2, -0.15) is 0 Å². The summed E-state index contributed by atoms with van der Waals surface area (Å²) in [7, 11) is 0. The number of carboxylic acid groups (broad SMARTS) is 1. The zero-order chi connectivity index (χ0) is 22.8. The molecule has 7 heteroatoms. The third-order valence-electron chi connectivity index (χ3n) is 5.26. The van der Waals surface area contributed by atoms with Crippen molar-refractivity contribution < 1.29 is 14.7 Å². The Morgan fingerprint density at radius 2 is 1.76 bits per heavy atom. The van der Waals surface area contributed by atoms with Crippen LogP contribution in [0.4, 0.5) is 5.69 Å². The van der Waals surface area contributed by atoms with E-state index in [1.165, 1.54) is 11.8 Å². The second-order valence-corrected chi connectivity index (χ2v) is 8.58. The molecule has 0 aliphatic carbocycles. The van der Waals surface area contributed by atoms with Crippen LogP contribution in [-0.2, 0) is 16.1 Å². The molecule has 0 atom stereocenters. The average Bonchev–Trinajstić information content (AvgIpc) is 3.36. The summed E-state index contributed by atoms with van der Waals surface area (Å²) < 4.78 is 1.67. The van der Waals surface area contributed by atoms with E-state index in [1.807, 2.05) is 72.8 Å². The number of hydrogen-bond donors (Lipinski definition) is 2. The second kappa shape index (κ2) is 8.80.